The van der Waals surface area contributed by atoms with Gasteiger partial charge in [-0.3, -0.25) is 9.59 Å². The third-order valence-electron chi connectivity index (χ3n) is 6.01. The lowest BCUT2D eigenvalue weighted by molar-refractivity contribution is -0.114. The van der Waals surface area contributed by atoms with Crippen LogP contribution >= 0.6 is 0 Å². The van der Waals surface area contributed by atoms with Gasteiger partial charge in [-0.1, -0.05) is 36.4 Å². The maximum Gasteiger partial charge on any atom is 0.276 e. The summed E-state index contributed by atoms with van der Waals surface area (Å²) in [6.07, 6.45) is 0. The first-order chi connectivity index (χ1) is 17.1. The van der Waals surface area contributed by atoms with Crippen LogP contribution in [0.1, 0.15) is 17.4 Å². The first-order valence-electron chi connectivity index (χ1n) is 11.6. The van der Waals surface area contributed by atoms with E-state index in [-0.39, 0.29) is 11.8 Å². The van der Waals surface area contributed by atoms with Crippen LogP contribution in [0.5, 0.6) is 0 Å². The van der Waals surface area contributed by atoms with Crippen molar-refractivity contribution >= 4 is 23.2 Å². The molecule has 7 nitrogen and oxygen atoms in total. The second-order valence-corrected chi connectivity index (χ2v) is 8.44. The van der Waals surface area contributed by atoms with E-state index in [0.29, 0.717) is 36.1 Å². The molecule has 2 heterocycles. The van der Waals surface area contributed by atoms with E-state index in [4.69, 9.17) is 4.42 Å². The van der Waals surface area contributed by atoms with Crippen molar-refractivity contribution in [1.82, 2.24) is 9.88 Å². The normalized spacial score (nSPS) is 13.5. The van der Waals surface area contributed by atoms with Gasteiger partial charge in [-0.05, 0) is 48.5 Å². The number of hydrogen-bond donors (Lipinski definition) is 1. The first kappa shape index (κ1) is 22.4. The molecule has 0 aliphatic carbocycles. The number of piperazine rings is 1. The third-order valence-corrected chi connectivity index (χ3v) is 6.01. The number of amides is 2. The first-order valence-corrected chi connectivity index (χ1v) is 11.6. The van der Waals surface area contributed by atoms with E-state index in [2.05, 4.69) is 27.3 Å². The summed E-state index contributed by atoms with van der Waals surface area (Å²) >= 11 is 0. The fraction of sp³-hybridized carbons (Fsp3) is 0.179. The molecule has 0 radical (unpaired) electrons. The molecule has 1 N–H and O–H groups in total. The molecule has 0 spiro atoms. The number of nitrogens with one attached hydrogen (secondary N) is 1. The number of carbonyl (C=O) groups is 2. The van der Waals surface area contributed by atoms with Crippen LogP contribution in [0, 0.1) is 0 Å². The van der Waals surface area contributed by atoms with Crippen molar-refractivity contribution in [1.29, 1.82) is 0 Å². The molecule has 7 heteroatoms. The summed E-state index contributed by atoms with van der Waals surface area (Å²) in [6.45, 7) is 4.16. The molecule has 1 aliphatic rings. The lowest BCUT2D eigenvalue weighted by Crippen LogP contribution is -2.49. The molecule has 3 aromatic carbocycles. The van der Waals surface area contributed by atoms with Crippen molar-refractivity contribution in [2.45, 2.75) is 6.92 Å². The summed E-state index contributed by atoms with van der Waals surface area (Å²) in [4.78, 5) is 33.7. The molecule has 35 heavy (non-hydrogen) atoms. The molecule has 0 bridgehead atoms. The summed E-state index contributed by atoms with van der Waals surface area (Å²) in [5.74, 6) is 0.533. The number of para-hydroxylation sites is 1. The van der Waals surface area contributed by atoms with E-state index in [1.165, 1.54) is 6.92 Å². The molecule has 176 valence electrons. The van der Waals surface area contributed by atoms with Crippen LogP contribution in [0.3, 0.4) is 0 Å². The van der Waals surface area contributed by atoms with Crippen LogP contribution in [0.2, 0.25) is 0 Å². The minimum absolute atomic E-state index is 0.144. The Balaban J connectivity index is 1.43. The van der Waals surface area contributed by atoms with Crippen molar-refractivity contribution in [2.75, 3.05) is 36.4 Å². The van der Waals surface area contributed by atoms with Crippen LogP contribution in [-0.2, 0) is 4.79 Å². The Kier molecular flexibility index (Phi) is 6.30. The standard InChI is InChI=1S/C28H26N4O3/c1-20(33)29-23-14-12-21(13-15-23)26-25(30-27(35-26)22-8-4-2-5-9-22)28(34)32-18-16-31(17-19-32)24-10-6-3-7-11-24/h2-15H,16-19H2,1H3,(H,29,33). The molecule has 1 aliphatic heterocycles. The Morgan fingerprint density at radius 1 is 0.800 bits per heavy atom. The quantitative estimate of drug-likeness (QED) is 0.451. The molecular weight excluding hydrogens is 440 g/mol. The predicted molar refractivity (Wildman–Crippen MR) is 136 cm³/mol. The number of aromatic nitrogens is 1. The van der Waals surface area contributed by atoms with Crippen LogP contribution in [0.25, 0.3) is 22.8 Å². The summed E-state index contributed by atoms with van der Waals surface area (Å²) in [5.41, 5.74) is 3.65. The van der Waals surface area contributed by atoms with Gasteiger partial charge < -0.3 is 19.5 Å². The average Bonchev–Trinajstić information content (AvgIpc) is 3.35. The molecule has 1 saturated heterocycles. The van der Waals surface area contributed by atoms with E-state index < -0.39 is 0 Å². The number of rotatable bonds is 5. The largest absolute Gasteiger partial charge is 0.435 e. The zero-order valence-electron chi connectivity index (χ0n) is 19.5. The fourth-order valence-corrected chi connectivity index (χ4v) is 4.23. The average molecular weight is 467 g/mol. The highest BCUT2D eigenvalue weighted by Crippen LogP contribution is 2.32. The van der Waals surface area contributed by atoms with Gasteiger partial charge in [-0.25, -0.2) is 4.98 Å². The Hall–Kier alpha value is -4.39. The Morgan fingerprint density at radius 2 is 1.43 bits per heavy atom. The Labute approximate surface area is 204 Å². The van der Waals surface area contributed by atoms with Crippen LogP contribution < -0.4 is 10.2 Å². The molecule has 0 atom stereocenters. The minimum atomic E-state index is -0.149. The van der Waals surface area contributed by atoms with E-state index in [1.54, 1.807) is 12.1 Å². The van der Waals surface area contributed by atoms with Gasteiger partial charge in [-0.2, -0.15) is 0 Å². The molecule has 0 saturated carbocycles. The highest BCUT2D eigenvalue weighted by Gasteiger charge is 2.29. The van der Waals surface area contributed by atoms with Crippen LogP contribution in [0.15, 0.2) is 89.3 Å². The number of oxazole rings is 1. The van der Waals surface area contributed by atoms with Crippen molar-refractivity contribution in [3.05, 3.63) is 90.6 Å². The SMILES string of the molecule is CC(=O)Nc1ccc(-c2oc(-c3ccccc3)nc2C(=O)N2CCN(c3ccccc3)CC2)cc1. The summed E-state index contributed by atoms with van der Waals surface area (Å²) in [6, 6.07) is 27.0. The molecule has 5 rings (SSSR count). The zero-order valence-corrected chi connectivity index (χ0v) is 19.5. The number of nitrogens with zero attached hydrogens (tertiary/aromatic N) is 3. The fourth-order valence-electron chi connectivity index (χ4n) is 4.23. The zero-order chi connectivity index (χ0) is 24.2. The lowest BCUT2D eigenvalue weighted by Gasteiger charge is -2.35. The second kappa shape index (κ2) is 9.85. The smallest absolute Gasteiger partial charge is 0.276 e. The van der Waals surface area contributed by atoms with E-state index in [0.717, 1.165) is 29.9 Å². The van der Waals surface area contributed by atoms with Gasteiger partial charge >= 0.3 is 0 Å². The van der Waals surface area contributed by atoms with Crippen molar-refractivity contribution in [3.8, 4) is 22.8 Å². The number of benzene rings is 3. The third kappa shape index (κ3) is 4.94. The van der Waals surface area contributed by atoms with Crippen molar-refractivity contribution in [2.24, 2.45) is 0 Å². The Morgan fingerprint density at radius 3 is 2.06 bits per heavy atom. The number of carbonyl (C=O) groups excluding carboxylic acids is 2. The highest BCUT2D eigenvalue weighted by molar-refractivity contribution is 5.98. The summed E-state index contributed by atoms with van der Waals surface area (Å²) in [5, 5.41) is 2.76. The topological polar surface area (TPSA) is 78.7 Å². The molecule has 1 fully saturated rings. The molecule has 2 amide bonds. The molecule has 4 aromatic rings. The second-order valence-electron chi connectivity index (χ2n) is 8.44. The van der Waals surface area contributed by atoms with E-state index in [9.17, 15) is 9.59 Å². The molecule has 0 unspecified atom stereocenters. The highest BCUT2D eigenvalue weighted by atomic mass is 16.4. The van der Waals surface area contributed by atoms with Gasteiger partial charge in [0, 0.05) is 55.6 Å². The van der Waals surface area contributed by atoms with Crippen molar-refractivity contribution in [3.63, 3.8) is 0 Å². The van der Waals surface area contributed by atoms with Gasteiger partial charge in [0.05, 0.1) is 0 Å². The van der Waals surface area contributed by atoms with Crippen molar-refractivity contribution < 1.29 is 14.0 Å². The lowest BCUT2D eigenvalue weighted by atomic mass is 10.1. The summed E-state index contributed by atoms with van der Waals surface area (Å²) < 4.78 is 6.15. The Bertz CT molecular complexity index is 1310. The van der Waals surface area contributed by atoms with Gasteiger partial charge in [0.2, 0.25) is 11.8 Å². The molecule has 1 aromatic heterocycles. The van der Waals surface area contributed by atoms with Crippen LogP contribution in [-0.4, -0.2) is 47.9 Å². The monoisotopic (exact) mass is 466 g/mol. The van der Waals surface area contributed by atoms with Gasteiger partial charge in [0.15, 0.2) is 11.5 Å². The van der Waals surface area contributed by atoms with E-state index in [1.807, 2.05) is 65.6 Å². The minimum Gasteiger partial charge on any atom is -0.435 e. The maximum atomic E-state index is 13.6. The van der Waals surface area contributed by atoms with Gasteiger partial charge in [-0.15, -0.1) is 0 Å². The van der Waals surface area contributed by atoms with Crippen LogP contribution in [0.4, 0.5) is 11.4 Å². The number of anilines is 2. The molecular formula is C28H26N4O3. The van der Waals surface area contributed by atoms with Gasteiger partial charge in [0.1, 0.15) is 0 Å². The summed E-state index contributed by atoms with van der Waals surface area (Å²) in [7, 11) is 0. The van der Waals surface area contributed by atoms with Gasteiger partial charge in [0.25, 0.3) is 5.91 Å². The predicted octanol–water partition coefficient (Wildman–Crippen LogP) is 4.93. The maximum absolute atomic E-state index is 13.6. The number of hydrogen-bond acceptors (Lipinski definition) is 5. The van der Waals surface area contributed by atoms with E-state index >= 15 is 0 Å².